The van der Waals surface area contributed by atoms with Crippen LogP contribution in [0.25, 0.3) is 0 Å². The topological polar surface area (TPSA) is 60.8 Å². The van der Waals surface area contributed by atoms with E-state index in [9.17, 15) is 15.0 Å². The Morgan fingerprint density at radius 2 is 2.03 bits per heavy atom. The Labute approximate surface area is 182 Å². The largest absolute Gasteiger partial charge is 0.393 e. The van der Waals surface area contributed by atoms with Crippen molar-refractivity contribution in [3.63, 3.8) is 0 Å². The van der Waals surface area contributed by atoms with E-state index >= 15 is 0 Å². The third-order valence-electron chi connectivity index (χ3n) is 8.30. The van der Waals surface area contributed by atoms with E-state index in [4.69, 9.17) is 0 Å². The lowest BCUT2D eigenvalue weighted by Gasteiger charge is -2.44. The van der Waals surface area contributed by atoms with Gasteiger partial charge in [0.1, 0.15) is 0 Å². The Bertz CT molecular complexity index is 722. The number of fused-ring (bicyclic) bond motifs is 1. The molecule has 168 valence electrons. The van der Waals surface area contributed by atoms with Gasteiger partial charge < -0.3 is 15.1 Å². The van der Waals surface area contributed by atoms with Crippen LogP contribution in [-0.2, 0) is 4.79 Å². The van der Waals surface area contributed by atoms with Crippen LogP contribution in [0.4, 0.5) is 0 Å². The van der Waals surface area contributed by atoms with Crippen LogP contribution < -0.4 is 0 Å². The molecule has 3 saturated carbocycles. The molecule has 1 amide bonds. The number of carbonyl (C=O) groups is 1. The molecule has 4 heteroatoms. The summed E-state index contributed by atoms with van der Waals surface area (Å²) in [6.07, 6.45) is 12.0. The van der Waals surface area contributed by atoms with Crippen LogP contribution in [0.3, 0.4) is 0 Å². The Balaban J connectivity index is 1.72. The van der Waals surface area contributed by atoms with Crippen molar-refractivity contribution in [3.8, 4) is 0 Å². The fourth-order valence-corrected chi connectivity index (χ4v) is 6.46. The molecule has 3 aliphatic carbocycles. The van der Waals surface area contributed by atoms with Crippen molar-refractivity contribution in [2.75, 3.05) is 14.1 Å². The summed E-state index contributed by atoms with van der Waals surface area (Å²) in [7, 11) is 3.68. The highest BCUT2D eigenvalue weighted by Gasteiger charge is 2.50. The molecule has 30 heavy (non-hydrogen) atoms. The molecule has 0 aliphatic heterocycles. The normalized spacial score (nSPS) is 38.0. The highest BCUT2D eigenvalue weighted by molar-refractivity contribution is 5.75. The second-order valence-electron chi connectivity index (χ2n) is 10.5. The van der Waals surface area contributed by atoms with E-state index in [0.29, 0.717) is 42.4 Å². The number of aliphatic hydroxyl groups is 2. The highest BCUT2D eigenvalue weighted by atomic mass is 16.3. The summed E-state index contributed by atoms with van der Waals surface area (Å²) in [4.78, 5) is 13.8. The summed E-state index contributed by atoms with van der Waals surface area (Å²) in [6.45, 7) is 8.87. The maximum Gasteiger partial charge on any atom is 0.222 e. The van der Waals surface area contributed by atoms with Crippen LogP contribution in [0.1, 0.15) is 71.6 Å². The van der Waals surface area contributed by atoms with Crippen LogP contribution in [0.2, 0.25) is 0 Å². The lowest BCUT2D eigenvalue weighted by Crippen LogP contribution is -2.36. The Morgan fingerprint density at radius 1 is 1.30 bits per heavy atom. The van der Waals surface area contributed by atoms with Gasteiger partial charge in [-0.15, -0.1) is 0 Å². The van der Waals surface area contributed by atoms with Gasteiger partial charge in [-0.05, 0) is 79.3 Å². The maximum atomic E-state index is 12.1. The van der Waals surface area contributed by atoms with Gasteiger partial charge in [-0.3, -0.25) is 4.79 Å². The summed E-state index contributed by atoms with van der Waals surface area (Å²) in [5.41, 5.74) is 3.59. The molecule has 3 fully saturated rings. The number of nitrogens with zero attached hydrogens (tertiary/aromatic N) is 1. The quantitative estimate of drug-likeness (QED) is 0.688. The number of hydrogen-bond donors (Lipinski definition) is 2. The van der Waals surface area contributed by atoms with Crippen LogP contribution in [0.5, 0.6) is 0 Å². The van der Waals surface area contributed by atoms with Crippen molar-refractivity contribution in [1.29, 1.82) is 0 Å². The minimum absolute atomic E-state index is 0.231. The van der Waals surface area contributed by atoms with Crippen molar-refractivity contribution < 1.29 is 15.0 Å². The first-order valence-corrected chi connectivity index (χ1v) is 11.8. The molecular formula is C26H41NO3. The van der Waals surface area contributed by atoms with Gasteiger partial charge in [-0.25, -0.2) is 0 Å². The summed E-state index contributed by atoms with van der Waals surface area (Å²) in [5, 5.41) is 20.1. The number of amides is 1. The molecule has 0 aromatic carbocycles. The Kier molecular flexibility index (Phi) is 7.29. The van der Waals surface area contributed by atoms with Gasteiger partial charge in [-0.2, -0.15) is 0 Å². The van der Waals surface area contributed by atoms with Gasteiger partial charge in [-0.1, -0.05) is 38.2 Å². The first-order valence-electron chi connectivity index (χ1n) is 11.8. The van der Waals surface area contributed by atoms with E-state index in [1.54, 1.807) is 4.90 Å². The van der Waals surface area contributed by atoms with Gasteiger partial charge in [0.15, 0.2) is 0 Å². The lowest BCUT2D eigenvalue weighted by molar-refractivity contribution is -0.129. The van der Waals surface area contributed by atoms with Crippen LogP contribution in [0.15, 0.2) is 35.5 Å². The Hall–Kier alpha value is -1.39. The molecule has 0 aromatic heterocycles. The van der Waals surface area contributed by atoms with Crippen LogP contribution in [-0.4, -0.2) is 47.3 Å². The van der Waals surface area contributed by atoms with Crippen LogP contribution >= 0.6 is 0 Å². The number of rotatable bonds is 5. The summed E-state index contributed by atoms with van der Waals surface area (Å²) in [5.74, 6) is 2.06. The molecule has 0 aromatic rings. The van der Waals surface area contributed by atoms with Crippen molar-refractivity contribution >= 4 is 5.91 Å². The zero-order chi connectivity index (χ0) is 22.1. The van der Waals surface area contributed by atoms with Crippen molar-refractivity contribution in [2.24, 2.45) is 23.2 Å². The zero-order valence-electron chi connectivity index (χ0n) is 19.4. The van der Waals surface area contributed by atoms with Gasteiger partial charge in [0.05, 0.1) is 12.2 Å². The number of hydrogen-bond acceptors (Lipinski definition) is 3. The van der Waals surface area contributed by atoms with E-state index in [1.807, 2.05) is 14.1 Å². The maximum absolute atomic E-state index is 12.1. The molecule has 0 heterocycles. The second kappa shape index (κ2) is 9.40. The van der Waals surface area contributed by atoms with Crippen molar-refractivity contribution in [1.82, 2.24) is 4.90 Å². The van der Waals surface area contributed by atoms with E-state index in [0.717, 1.165) is 24.0 Å². The Morgan fingerprint density at radius 3 is 2.73 bits per heavy atom. The van der Waals surface area contributed by atoms with Gasteiger partial charge in [0.2, 0.25) is 5.91 Å². The van der Waals surface area contributed by atoms with Gasteiger partial charge >= 0.3 is 0 Å². The molecule has 0 bridgehead atoms. The second-order valence-corrected chi connectivity index (χ2v) is 10.5. The average molecular weight is 416 g/mol. The third-order valence-corrected chi connectivity index (χ3v) is 8.30. The van der Waals surface area contributed by atoms with E-state index in [-0.39, 0.29) is 5.91 Å². The first-order chi connectivity index (χ1) is 14.1. The van der Waals surface area contributed by atoms with Gasteiger partial charge in [0.25, 0.3) is 0 Å². The molecule has 0 unspecified atom stereocenters. The minimum atomic E-state index is -0.628. The predicted octanol–water partition coefficient (Wildman–Crippen LogP) is 4.63. The number of carbonyl (C=O) groups excluding carboxylic acids is 1. The monoisotopic (exact) mass is 415 g/mol. The smallest absolute Gasteiger partial charge is 0.222 e. The lowest BCUT2D eigenvalue weighted by atomic mass is 9.60. The molecular weight excluding hydrogens is 374 g/mol. The highest BCUT2D eigenvalue weighted by Crippen LogP contribution is 2.59. The molecule has 0 radical (unpaired) electrons. The summed E-state index contributed by atoms with van der Waals surface area (Å²) >= 11 is 0. The standard InChI is InChI=1S/C26H41NO3/c1-17(8-13-25(30)27(4)5)22-11-12-23-19(7-6-14-26(22,23)3)9-10-20-15-21(28)16-24(29)18(20)2/h9-10,17,21-24,28-29H,2,6-8,11-16H2,1,3-5H3/t17-,21+,22-,23+,24-,26-/m1/s1. The van der Waals surface area contributed by atoms with Crippen LogP contribution in [0, 0.1) is 23.2 Å². The fraction of sp³-hybridized carbons (Fsp3) is 0.731. The summed E-state index contributed by atoms with van der Waals surface area (Å²) in [6, 6.07) is 0. The van der Waals surface area contributed by atoms with E-state index in [2.05, 4.69) is 32.6 Å². The number of allylic oxidation sites excluding steroid dienone is 3. The molecule has 0 spiro atoms. The fourth-order valence-electron chi connectivity index (χ4n) is 6.46. The molecule has 4 nitrogen and oxygen atoms in total. The molecule has 3 rings (SSSR count). The van der Waals surface area contributed by atoms with E-state index in [1.165, 1.54) is 31.3 Å². The predicted molar refractivity (Wildman–Crippen MR) is 122 cm³/mol. The molecule has 0 saturated heterocycles. The third kappa shape index (κ3) is 4.75. The van der Waals surface area contributed by atoms with Crippen molar-refractivity contribution in [3.05, 3.63) is 35.5 Å². The SMILES string of the molecule is C=C1C(=CC=C2CCC[C@]3(C)[C@@H]([C@H](C)CCC(=O)N(C)C)CC[C@@H]23)C[C@H](O)C[C@H]1O. The average Bonchev–Trinajstić information content (AvgIpc) is 3.04. The molecule has 2 N–H and O–H groups in total. The summed E-state index contributed by atoms with van der Waals surface area (Å²) < 4.78 is 0. The number of aliphatic hydroxyl groups excluding tert-OH is 2. The minimum Gasteiger partial charge on any atom is -0.393 e. The zero-order valence-corrected chi connectivity index (χ0v) is 19.4. The molecule has 6 atom stereocenters. The van der Waals surface area contributed by atoms with Crippen molar-refractivity contribution in [2.45, 2.75) is 83.8 Å². The molecule has 3 aliphatic rings. The van der Waals surface area contributed by atoms with E-state index < -0.39 is 12.2 Å². The van der Waals surface area contributed by atoms with Gasteiger partial charge in [0, 0.05) is 26.9 Å². The first kappa shape index (κ1) is 23.3.